The van der Waals surface area contributed by atoms with Crippen LogP contribution in [0.4, 0.5) is 0 Å². The summed E-state index contributed by atoms with van der Waals surface area (Å²) in [6.07, 6.45) is 7.84. The minimum Gasteiger partial charge on any atom is -0.510 e. The fourth-order valence-electron chi connectivity index (χ4n) is 3.35. The Morgan fingerprint density at radius 3 is 1.92 bits per heavy atom. The van der Waals surface area contributed by atoms with Crippen LogP contribution in [0.1, 0.15) is 86.0 Å². The van der Waals surface area contributed by atoms with Crippen molar-refractivity contribution in [2.24, 2.45) is 10.8 Å². The average Bonchev–Trinajstić information content (AvgIpc) is 2.52. The lowest BCUT2D eigenvalue weighted by molar-refractivity contribution is -0.145. The maximum atomic E-state index is 12.5. The van der Waals surface area contributed by atoms with Crippen LogP contribution in [0.2, 0.25) is 0 Å². The maximum absolute atomic E-state index is 12.5. The summed E-state index contributed by atoms with van der Waals surface area (Å²) in [5, 5.41) is 10.4. The van der Waals surface area contributed by atoms with Gasteiger partial charge in [0.2, 0.25) is 0 Å². The highest BCUT2D eigenvalue weighted by atomic mass is 16.3. The summed E-state index contributed by atoms with van der Waals surface area (Å²) in [4.78, 5) is 37.4. The van der Waals surface area contributed by atoms with Gasteiger partial charge in [0, 0.05) is 6.42 Å². The second-order valence-corrected chi connectivity index (χ2v) is 7.93. The number of hydrogen-bond donors (Lipinski definition) is 1. The van der Waals surface area contributed by atoms with Crippen LogP contribution in [0.15, 0.2) is 11.3 Å². The van der Waals surface area contributed by atoms with Crippen LogP contribution >= 0.6 is 0 Å². The summed E-state index contributed by atoms with van der Waals surface area (Å²) in [7, 11) is 0. The zero-order valence-electron chi connectivity index (χ0n) is 15.8. The first-order chi connectivity index (χ1) is 11.1. The Hall–Kier alpha value is -1.45. The number of hydrogen-bond acceptors (Lipinski definition) is 4. The van der Waals surface area contributed by atoms with Crippen molar-refractivity contribution in [1.29, 1.82) is 0 Å². The van der Waals surface area contributed by atoms with Gasteiger partial charge in [-0.3, -0.25) is 14.4 Å². The predicted molar refractivity (Wildman–Crippen MR) is 94.8 cm³/mol. The molecule has 1 aliphatic carbocycles. The van der Waals surface area contributed by atoms with Crippen molar-refractivity contribution in [3.05, 3.63) is 11.3 Å². The minimum atomic E-state index is -1.26. The molecule has 0 saturated carbocycles. The number of allylic oxidation sites excluding steroid dienone is 2. The fourth-order valence-corrected chi connectivity index (χ4v) is 3.35. The van der Waals surface area contributed by atoms with Gasteiger partial charge < -0.3 is 5.11 Å². The van der Waals surface area contributed by atoms with Gasteiger partial charge in [0.1, 0.15) is 11.3 Å². The van der Waals surface area contributed by atoms with Crippen LogP contribution in [0.25, 0.3) is 0 Å². The van der Waals surface area contributed by atoms with E-state index in [9.17, 15) is 19.5 Å². The third-order valence-corrected chi connectivity index (χ3v) is 5.05. The molecule has 1 rings (SSSR count). The highest BCUT2D eigenvalue weighted by Crippen LogP contribution is 2.43. The van der Waals surface area contributed by atoms with Crippen molar-refractivity contribution < 1.29 is 19.5 Å². The molecule has 0 unspecified atom stereocenters. The van der Waals surface area contributed by atoms with E-state index in [2.05, 4.69) is 6.92 Å². The van der Waals surface area contributed by atoms with Gasteiger partial charge in [-0.2, -0.15) is 0 Å². The number of aliphatic hydroxyl groups excluding tert-OH is 1. The predicted octanol–water partition coefficient (Wildman–Crippen LogP) is 4.71. The lowest BCUT2D eigenvalue weighted by Crippen LogP contribution is -2.50. The van der Waals surface area contributed by atoms with Crippen molar-refractivity contribution in [2.75, 3.05) is 0 Å². The van der Waals surface area contributed by atoms with Crippen LogP contribution in [-0.4, -0.2) is 22.5 Å². The molecule has 0 atom stereocenters. The van der Waals surface area contributed by atoms with E-state index < -0.39 is 16.6 Å². The van der Waals surface area contributed by atoms with Crippen LogP contribution in [0.3, 0.4) is 0 Å². The first-order valence-corrected chi connectivity index (χ1v) is 9.15. The highest BCUT2D eigenvalue weighted by Gasteiger charge is 2.54. The number of rotatable bonds is 9. The Kier molecular flexibility index (Phi) is 6.94. The Bertz CT molecular complexity index is 538. The van der Waals surface area contributed by atoms with Gasteiger partial charge in [0.15, 0.2) is 17.3 Å². The molecule has 0 aromatic rings. The lowest BCUT2D eigenvalue weighted by Gasteiger charge is -2.37. The monoisotopic (exact) mass is 336 g/mol. The van der Waals surface area contributed by atoms with Crippen molar-refractivity contribution in [3.63, 3.8) is 0 Å². The van der Waals surface area contributed by atoms with Crippen molar-refractivity contribution >= 4 is 17.3 Å². The van der Waals surface area contributed by atoms with Gasteiger partial charge in [0.25, 0.3) is 0 Å². The van der Waals surface area contributed by atoms with E-state index >= 15 is 0 Å². The minimum absolute atomic E-state index is 0.157. The molecule has 0 aromatic carbocycles. The van der Waals surface area contributed by atoms with E-state index in [0.717, 1.165) is 12.8 Å². The second kappa shape index (κ2) is 8.09. The smallest absolute Gasteiger partial charge is 0.182 e. The first-order valence-electron chi connectivity index (χ1n) is 9.15. The molecule has 136 valence electrons. The molecule has 0 radical (unpaired) electrons. The third-order valence-electron chi connectivity index (χ3n) is 5.05. The van der Waals surface area contributed by atoms with Crippen LogP contribution in [0, 0.1) is 10.8 Å². The largest absolute Gasteiger partial charge is 0.510 e. The second-order valence-electron chi connectivity index (χ2n) is 7.93. The maximum Gasteiger partial charge on any atom is 0.182 e. The van der Waals surface area contributed by atoms with Crippen molar-refractivity contribution in [2.45, 2.75) is 86.0 Å². The summed E-state index contributed by atoms with van der Waals surface area (Å²) in [5.74, 6) is -1.58. The molecule has 1 N–H and O–H groups in total. The number of Topliss-reactive ketones (excluding diaryl/α,β-unsaturated/α-hetero) is 3. The first kappa shape index (κ1) is 20.6. The Balaban J connectivity index is 2.73. The topological polar surface area (TPSA) is 71.4 Å². The Morgan fingerprint density at radius 1 is 0.875 bits per heavy atom. The Morgan fingerprint density at radius 2 is 1.38 bits per heavy atom. The summed E-state index contributed by atoms with van der Waals surface area (Å²) in [6.45, 7) is 8.38. The van der Waals surface area contributed by atoms with Gasteiger partial charge in [-0.15, -0.1) is 0 Å². The molecule has 24 heavy (non-hydrogen) atoms. The van der Waals surface area contributed by atoms with E-state index in [1.165, 1.54) is 39.5 Å². The van der Waals surface area contributed by atoms with Crippen LogP contribution in [0.5, 0.6) is 0 Å². The standard InChI is InChI=1S/C20H32O4/c1-6-7-8-9-10-11-12-13-14(21)15-16(22)19(2,3)18(24)20(4,5)17(15)23/h22H,6-13H2,1-5H3. The SMILES string of the molecule is CCCCCCCCCC(=O)C1=C(O)C(C)(C)C(=O)C(C)(C)C1=O. The number of carbonyl (C=O) groups is 3. The van der Waals surface area contributed by atoms with Crippen LogP contribution in [-0.2, 0) is 14.4 Å². The Labute approximate surface area is 145 Å². The molecule has 0 heterocycles. The summed E-state index contributed by atoms with van der Waals surface area (Å²) in [5.41, 5.74) is -2.61. The molecular formula is C20H32O4. The molecule has 0 fully saturated rings. The molecule has 0 amide bonds. The summed E-state index contributed by atoms with van der Waals surface area (Å²) >= 11 is 0. The molecule has 0 aromatic heterocycles. The molecule has 0 bridgehead atoms. The molecule has 0 saturated heterocycles. The van der Waals surface area contributed by atoms with Gasteiger partial charge in [-0.05, 0) is 34.1 Å². The van der Waals surface area contributed by atoms with Gasteiger partial charge in [0.05, 0.1) is 10.8 Å². The highest BCUT2D eigenvalue weighted by molar-refractivity contribution is 6.30. The average molecular weight is 336 g/mol. The summed E-state index contributed by atoms with van der Waals surface area (Å²) in [6, 6.07) is 0. The van der Waals surface area contributed by atoms with Crippen molar-refractivity contribution in [3.8, 4) is 0 Å². The number of carbonyl (C=O) groups excluding carboxylic acids is 3. The van der Waals surface area contributed by atoms with E-state index in [1.807, 2.05) is 0 Å². The van der Waals surface area contributed by atoms with Crippen molar-refractivity contribution in [1.82, 2.24) is 0 Å². The molecule has 0 spiro atoms. The molecule has 1 aliphatic rings. The van der Waals surface area contributed by atoms with Crippen LogP contribution < -0.4 is 0 Å². The lowest BCUT2D eigenvalue weighted by atomic mass is 9.63. The van der Waals surface area contributed by atoms with Gasteiger partial charge in [-0.1, -0.05) is 45.4 Å². The van der Waals surface area contributed by atoms with Gasteiger partial charge in [-0.25, -0.2) is 0 Å². The van der Waals surface area contributed by atoms with Gasteiger partial charge >= 0.3 is 0 Å². The normalized spacial score (nSPS) is 19.7. The molecular weight excluding hydrogens is 304 g/mol. The van der Waals surface area contributed by atoms with E-state index in [-0.39, 0.29) is 29.3 Å². The fraction of sp³-hybridized carbons (Fsp3) is 0.750. The third kappa shape index (κ3) is 4.14. The number of ketones is 3. The number of aliphatic hydroxyl groups is 1. The molecule has 0 aliphatic heterocycles. The van der Waals surface area contributed by atoms with E-state index in [1.54, 1.807) is 13.8 Å². The van der Waals surface area contributed by atoms with E-state index in [0.29, 0.717) is 6.42 Å². The number of unbranched alkanes of at least 4 members (excludes halogenated alkanes) is 6. The quantitative estimate of drug-likeness (QED) is 0.376. The zero-order valence-corrected chi connectivity index (χ0v) is 15.8. The molecule has 4 nitrogen and oxygen atoms in total. The summed E-state index contributed by atoms with van der Waals surface area (Å²) < 4.78 is 0. The van der Waals surface area contributed by atoms with E-state index in [4.69, 9.17) is 0 Å². The zero-order chi connectivity index (χ0) is 18.5. The molecule has 4 heteroatoms.